The minimum absolute atomic E-state index is 0.202. The van der Waals surface area contributed by atoms with Crippen molar-refractivity contribution < 1.29 is 14.3 Å². The Morgan fingerprint density at radius 3 is 2.38 bits per heavy atom. The van der Waals surface area contributed by atoms with Gasteiger partial charge in [0.1, 0.15) is 6.04 Å². The van der Waals surface area contributed by atoms with Crippen molar-refractivity contribution in [3.05, 3.63) is 0 Å². The molecule has 0 bridgehead atoms. The van der Waals surface area contributed by atoms with Crippen LogP contribution in [-0.2, 0) is 14.3 Å². The van der Waals surface area contributed by atoms with Gasteiger partial charge in [-0.15, -0.1) is 0 Å². The molecule has 0 spiro atoms. The van der Waals surface area contributed by atoms with Crippen molar-refractivity contribution in [2.45, 2.75) is 39.7 Å². The Hall–Kier alpha value is -1.06. The lowest BCUT2D eigenvalue weighted by Gasteiger charge is -2.14. The van der Waals surface area contributed by atoms with E-state index in [1.54, 1.807) is 6.92 Å². The van der Waals surface area contributed by atoms with Crippen molar-refractivity contribution in [3.8, 4) is 0 Å². The Morgan fingerprint density at radius 2 is 2.00 bits per heavy atom. The third-order valence-electron chi connectivity index (χ3n) is 1.53. The van der Waals surface area contributed by atoms with Gasteiger partial charge in [-0.2, -0.15) is 0 Å². The second-order valence-corrected chi connectivity index (χ2v) is 2.79. The predicted molar refractivity (Wildman–Crippen MR) is 49.1 cm³/mol. The van der Waals surface area contributed by atoms with Gasteiger partial charge >= 0.3 is 5.97 Å². The van der Waals surface area contributed by atoms with Gasteiger partial charge in [-0.25, -0.2) is 4.79 Å². The first-order valence-electron chi connectivity index (χ1n) is 4.55. The monoisotopic (exact) mass is 187 g/mol. The van der Waals surface area contributed by atoms with Crippen LogP contribution in [0.5, 0.6) is 0 Å². The zero-order valence-corrected chi connectivity index (χ0v) is 8.42. The molecule has 0 heterocycles. The lowest BCUT2D eigenvalue weighted by molar-refractivity contribution is -0.147. The summed E-state index contributed by atoms with van der Waals surface area (Å²) in [5.41, 5.74) is 0. The van der Waals surface area contributed by atoms with E-state index in [4.69, 9.17) is 4.74 Å². The predicted octanol–water partition coefficient (Wildman–Crippen LogP) is 0.854. The van der Waals surface area contributed by atoms with Crippen molar-refractivity contribution in [2.75, 3.05) is 6.61 Å². The second kappa shape index (κ2) is 6.46. The van der Waals surface area contributed by atoms with Gasteiger partial charge < -0.3 is 10.1 Å². The quantitative estimate of drug-likeness (QED) is 0.649. The Balaban J connectivity index is 4.06. The molecule has 0 radical (unpaired) electrons. The Labute approximate surface area is 78.6 Å². The maximum atomic E-state index is 11.2. The molecule has 0 aliphatic carbocycles. The summed E-state index contributed by atoms with van der Waals surface area (Å²) in [6, 6.07) is -0.484. The summed E-state index contributed by atoms with van der Waals surface area (Å²) in [7, 11) is 0. The highest BCUT2D eigenvalue weighted by Gasteiger charge is 2.18. The molecule has 1 amide bonds. The number of rotatable bonds is 5. The highest BCUT2D eigenvalue weighted by Crippen LogP contribution is 1.99. The molecule has 0 saturated carbocycles. The Morgan fingerprint density at radius 1 is 1.38 bits per heavy atom. The fourth-order valence-corrected chi connectivity index (χ4v) is 1.03. The molecule has 0 aromatic rings. The summed E-state index contributed by atoms with van der Waals surface area (Å²) >= 11 is 0. The van der Waals surface area contributed by atoms with Crippen molar-refractivity contribution in [3.63, 3.8) is 0 Å². The number of amides is 1. The van der Waals surface area contributed by atoms with E-state index in [1.807, 2.05) is 6.92 Å². The van der Waals surface area contributed by atoms with Crippen LogP contribution in [0.25, 0.3) is 0 Å². The van der Waals surface area contributed by atoms with Crippen molar-refractivity contribution >= 4 is 11.9 Å². The lowest BCUT2D eigenvalue weighted by Crippen LogP contribution is -2.40. The third-order valence-corrected chi connectivity index (χ3v) is 1.53. The SMILES string of the molecule is CCC[C@@H](NC(C)=O)C(=O)OCC. The van der Waals surface area contributed by atoms with Crippen LogP contribution in [0.3, 0.4) is 0 Å². The van der Waals surface area contributed by atoms with Crippen molar-refractivity contribution in [1.82, 2.24) is 5.32 Å². The molecule has 0 aliphatic rings. The van der Waals surface area contributed by atoms with Crippen LogP contribution < -0.4 is 5.32 Å². The van der Waals surface area contributed by atoms with Gasteiger partial charge in [-0.1, -0.05) is 13.3 Å². The molecule has 0 aromatic heterocycles. The Kier molecular flexibility index (Phi) is 5.93. The normalized spacial score (nSPS) is 11.9. The molecule has 0 aliphatic heterocycles. The van der Waals surface area contributed by atoms with Crippen LogP contribution >= 0.6 is 0 Å². The van der Waals surface area contributed by atoms with E-state index in [0.29, 0.717) is 13.0 Å². The van der Waals surface area contributed by atoms with Gasteiger partial charge in [-0.3, -0.25) is 4.79 Å². The van der Waals surface area contributed by atoms with Crippen molar-refractivity contribution in [1.29, 1.82) is 0 Å². The molecule has 1 N–H and O–H groups in total. The molecule has 0 rings (SSSR count). The summed E-state index contributed by atoms with van der Waals surface area (Å²) in [4.78, 5) is 22.0. The fourth-order valence-electron chi connectivity index (χ4n) is 1.03. The van der Waals surface area contributed by atoms with Crippen LogP contribution in [0.1, 0.15) is 33.6 Å². The second-order valence-electron chi connectivity index (χ2n) is 2.79. The molecule has 76 valence electrons. The smallest absolute Gasteiger partial charge is 0.328 e. The van der Waals surface area contributed by atoms with E-state index in [2.05, 4.69) is 5.32 Å². The van der Waals surface area contributed by atoms with E-state index in [1.165, 1.54) is 6.92 Å². The van der Waals surface area contributed by atoms with Crippen LogP contribution in [-0.4, -0.2) is 24.5 Å². The summed E-state index contributed by atoms with van der Waals surface area (Å²) in [5.74, 6) is -0.550. The fraction of sp³-hybridized carbons (Fsp3) is 0.778. The number of hydrogen-bond donors (Lipinski definition) is 1. The van der Waals surface area contributed by atoms with E-state index in [-0.39, 0.29) is 11.9 Å². The number of carbonyl (C=O) groups is 2. The van der Waals surface area contributed by atoms with Crippen LogP contribution in [0.15, 0.2) is 0 Å². The molecule has 13 heavy (non-hydrogen) atoms. The Bertz CT molecular complexity index is 180. The van der Waals surface area contributed by atoms with E-state index in [0.717, 1.165) is 6.42 Å². The summed E-state index contributed by atoms with van der Waals surface area (Å²) in [5, 5.41) is 2.55. The molecule has 0 fully saturated rings. The van der Waals surface area contributed by atoms with Gasteiger partial charge in [0, 0.05) is 6.92 Å². The number of esters is 1. The molecule has 0 unspecified atom stereocenters. The van der Waals surface area contributed by atoms with Gasteiger partial charge in [0.25, 0.3) is 0 Å². The van der Waals surface area contributed by atoms with Gasteiger partial charge in [0.05, 0.1) is 6.61 Å². The number of nitrogens with one attached hydrogen (secondary N) is 1. The molecule has 4 heteroatoms. The first-order valence-corrected chi connectivity index (χ1v) is 4.55. The number of ether oxygens (including phenoxy) is 1. The molecule has 1 atom stereocenters. The minimum atomic E-state index is -0.484. The molecular formula is C9H17NO3. The van der Waals surface area contributed by atoms with Crippen molar-refractivity contribution in [2.24, 2.45) is 0 Å². The summed E-state index contributed by atoms with van der Waals surface area (Å²) in [6.45, 7) is 5.43. The number of carbonyl (C=O) groups excluding carboxylic acids is 2. The topological polar surface area (TPSA) is 55.4 Å². The number of hydrogen-bond acceptors (Lipinski definition) is 3. The standard InChI is InChI=1S/C9H17NO3/c1-4-6-8(10-7(3)11)9(12)13-5-2/h8H,4-6H2,1-3H3,(H,10,11)/t8-/m1/s1. The molecular weight excluding hydrogens is 170 g/mol. The first kappa shape index (κ1) is 11.9. The van der Waals surface area contributed by atoms with Gasteiger partial charge in [-0.05, 0) is 13.3 Å². The molecule has 4 nitrogen and oxygen atoms in total. The summed E-state index contributed by atoms with van der Waals surface area (Å²) in [6.07, 6.45) is 1.46. The van der Waals surface area contributed by atoms with Gasteiger partial charge in [0.2, 0.25) is 5.91 Å². The molecule has 0 aromatic carbocycles. The average molecular weight is 187 g/mol. The first-order chi connectivity index (χ1) is 6.11. The largest absolute Gasteiger partial charge is 0.464 e. The van der Waals surface area contributed by atoms with Crippen LogP contribution in [0.4, 0.5) is 0 Å². The third kappa shape index (κ3) is 5.22. The van der Waals surface area contributed by atoms with Gasteiger partial charge in [0.15, 0.2) is 0 Å². The van der Waals surface area contributed by atoms with E-state index >= 15 is 0 Å². The van der Waals surface area contributed by atoms with Crippen LogP contribution in [0.2, 0.25) is 0 Å². The molecule has 0 saturated heterocycles. The maximum absolute atomic E-state index is 11.2. The van der Waals surface area contributed by atoms with E-state index in [9.17, 15) is 9.59 Å². The maximum Gasteiger partial charge on any atom is 0.328 e. The summed E-state index contributed by atoms with van der Waals surface area (Å²) < 4.78 is 4.80. The van der Waals surface area contributed by atoms with E-state index < -0.39 is 6.04 Å². The van der Waals surface area contributed by atoms with Crippen LogP contribution in [0, 0.1) is 0 Å². The zero-order chi connectivity index (χ0) is 10.3. The minimum Gasteiger partial charge on any atom is -0.464 e. The zero-order valence-electron chi connectivity index (χ0n) is 8.42. The lowest BCUT2D eigenvalue weighted by atomic mass is 10.1. The highest BCUT2D eigenvalue weighted by atomic mass is 16.5. The average Bonchev–Trinajstić information content (AvgIpc) is 2.03. The highest BCUT2D eigenvalue weighted by molar-refractivity contribution is 5.83.